The minimum Gasteiger partial charge on any atom is -0.490 e. The van der Waals surface area contributed by atoms with Gasteiger partial charge in [0.05, 0.1) is 6.61 Å². The van der Waals surface area contributed by atoms with Crippen LogP contribution in [-0.2, 0) is 4.79 Å². The molecule has 1 aliphatic heterocycles. The van der Waals surface area contributed by atoms with Gasteiger partial charge in [0.2, 0.25) is 5.91 Å². The predicted octanol–water partition coefficient (Wildman–Crippen LogP) is 3.11. The summed E-state index contributed by atoms with van der Waals surface area (Å²) < 4.78 is 19.9. The van der Waals surface area contributed by atoms with Crippen molar-refractivity contribution in [1.82, 2.24) is 21.0 Å². The van der Waals surface area contributed by atoms with E-state index in [0.717, 1.165) is 49.8 Å². The number of hydrogen-bond acceptors (Lipinski definition) is 6. The van der Waals surface area contributed by atoms with Crippen LogP contribution in [-0.4, -0.2) is 43.1 Å². The number of benzene rings is 1. The van der Waals surface area contributed by atoms with Gasteiger partial charge in [0.1, 0.15) is 0 Å². The average molecular weight is 462 g/mol. The number of urea groups is 1. The van der Waals surface area contributed by atoms with Crippen LogP contribution in [0.5, 0.6) is 5.75 Å². The first-order valence-corrected chi connectivity index (χ1v) is 11.9. The maximum absolute atomic E-state index is 14.2. The summed E-state index contributed by atoms with van der Waals surface area (Å²) in [5, 5.41) is 5.81. The van der Waals surface area contributed by atoms with Crippen molar-refractivity contribution in [1.29, 1.82) is 0 Å². The smallest absolute Gasteiger partial charge is 0.324 e. The lowest BCUT2D eigenvalue weighted by Crippen LogP contribution is -2.49. The Kier molecular flexibility index (Phi) is 9.35. The SMILES string of the molecule is CCC(CN/C(=C\NN)CCCCN1CCC(=O)NC1=O)c1ccc(F)c(OCC2CC2)c1. The third-order valence-corrected chi connectivity index (χ3v) is 6.19. The van der Waals surface area contributed by atoms with E-state index in [9.17, 15) is 14.0 Å². The van der Waals surface area contributed by atoms with Gasteiger partial charge in [0.15, 0.2) is 11.6 Å². The molecular formula is C24H36FN5O3. The highest BCUT2D eigenvalue weighted by Gasteiger charge is 2.23. The molecule has 182 valence electrons. The third kappa shape index (κ3) is 7.92. The largest absolute Gasteiger partial charge is 0.490 e. The zero-order valence-corrected chi connectivity index (χ0v) is 19.4. The Morgan fingerprint density at radius 3 is 2.88 bits per heavy atom. The number of nitrogens with two attached hydrogens (primary N) is 1. The molecule has 0 aromatic heterocycles. The Balaban J connectivity index is 1.46. The number of allylic oxidation sites excluding steroid dienone is 1. The summed E-state index contributed by atoms with van der Waals surface area (Å²) >= 11 is 0. The normalized spacial score (nSPS) is 17.5. The summed E-state index contributed by atoms with van der Waals surface area (Å²) in [7, 11) is 0. The van der Waals surface area contributed by atoms with Crippen molar-refractivity contribution >= 4 is 11.9 Å². The lowest BCUT2D eigenvalue weighted by molar-refractivity contribution is -0.121. The summed E-state index contributed by atoms with van der Waals surface area (Å²) in [6.07, 6.45) is 7.78. The van der Waals surface area contributed by atoms with Gasteiger partial charge in [-0.25, -0.2) is 9.18 Å². The highest BCUT2D eigenvalue weighted by atomic mass is 19.1. The Morgan fingerprint density at radius 1 is 1.36 bits per heavy atom. The number of carbonyl (C=O) groups is 2. The molecule has 1 atom stereocenters. The number of nitrogens with zero attached hydrogens (tertiary/aromatic N) is 1. The van der Waals surface area contributed by atoms with Crippen molar-refractivity contribution in [3.05, 3.63) is 41.5 Å². The monoisotopic (exact) mass is 461 g/mol. The first-order chi connectivity index (χ1) is 16.0. The number of ether oxygens (including phenoxy) is 1. The van der Waals surface area contributed by atoms with Gasteiger partial charge in [0.25, 0.3) is 0 Å². The molecule has 9 heteroatoms. The van der Waals surface area contributed by atoms with Crippen LogP contribution in [0.3, 0.4) is 0 Å². The van der Waals surface area contributed by atoms with Gasteiger partial charge in [-0.2, -0.15) is 0 Å². The number of rotatable bonds is 14. The minimum absolute atomic E-state index is 0.199. The molecule has 1 saturated carbocycles. The number of hydrogen-bond donors (Lipinski definition) is 4. The minimum atomic E-state index is -0.318. The fraction of sp³-hybridized carbons (Fsp3) is 0.583. The Hall–Kier alpha value is -2.81. The second-order valence-corrected chi connectivity index (χ2v) is 8.81. The Labute approximate surface area is 195 Å². The first-order valence-electron chi connectivity index (χ1n) is 11.9. The van der Waals surface area contributed by atoms with Crippen molar-refractivity contribution in [3.8, 4) is 5.75 Å². The van der Waals surface area contributed by atoms with Crippen LogP contribution in [0.4, 0.5) is 9.18 Å². The molecule has 3 amide bonds. The van der Waals surface area contributed by atoms with Crippen LogP contribution >= 0.6 is 0 Å². The molecule has 2 aliphatic rings. The van der Waals surface area contributed by atoms with Gasteiger partial charge in [-0.3, -0.25) is 16.0 Å². The van der Waals surface area contributed by atoms with Gasteiger partial charge in [0, 0.05) is 43.9 Å². The first kappa shape index (κ1) is 24.8. The second-order valence-electron chi connectivity index (χ2n) is 8.81. The fourth-order valence-corrected chi connectivity index (χ4v) is 3.87. The zero-order chi connectivity index (χ0) is 23.6. The maximum Gasteiger partial charge on any atom is 0.324 e. The number of imide groups is 1. The zero-order valence-electron chi connectivity index (χ0n) is 19.4. The summed E-state index contributed by atoms with van der Waals surface area (Å²) in [5.74, 6) is 6.08. The highest BCUT2D eigenvalue weighted by Crippen LogP contribution is 2.31. The molecule has 1 aromatic rings. The molecule has 0 spiro atoms. The Morgan fingerprint density at radius 2 is 2.18 bits per heavy atom. The average Bonchev–Trinajstić information content (AvgIpc) is 3.62. The van der Waals surface area contributed by atoms with Gasteiger partial charge < -0.3 is 20.4 Å². The summed E-state index contributed by atoms with van der Waals surface area (Å²) in [6, 6.07) is 4.83. The van der Waals surface area contributed by atoms with Crippen LogP contribution in [0.25, 0.3) is 0 Å². The number of amides is 3. The van der Waals surface area contributed by atoms with E-state index in [2.05, 4.69) is 23.0 Å². The maximum atomic E-state index is 14.2. The van der Waals surface area contributed by atoms with E-state index >= 15 is 0 Å². The Bertz CT molecular complexity index is 843. The molecule has 5 N–H and O–H groups in total. The molecule has 0 radical (unpaired) electrons. The number of carbonyl (C=O) groups excluding carboxylic acids is 2. The second kappa shape index (κ2) is 12.4. The summed E-state index contributed by atoms with van der Waals surface area (Å²) in [5.41, 5.74) is 4.61. The third-order valence-electron chi connectivity index (χ3n) is 6.19. The molecule has 1 unspecified atom stereocenters. The molecule has 1 heterocycles. The molecule has 3 rings (SSSR count). The lowest BCUT2D eigenvalue weighted by atomic mass is 9.96. The van der Waals surface area contributed by atoms with Gasteiger partial charge >= 0.3 is 6.03 Å². The van der Waals surface area contributed by atoms with E-state index in [1.165, 1.54) is 6.07 Å². The van der Waals surface area contributed by atoms with Gasteiger partial charge in [-0.15, -0.1) is 0 Å². The number of nitrogens with one attached hydrogen (secondary N) is 3. The molecule has 0 bridgehead atoms. The summed E-state index contributed by atoms with van der Waals surface area (Å²) in [4.78, 5) is 24.7. The van der Waals surface area contributed by atoms with Crippen LogP contribution in [0, 0.1) is 11.7 Å². The van der Waals surface area contributed by atoms with E-state index in [1.54, 1.807) is 11.1 Å². The van der Waals surface area contributed by atoms with Crippen LogP contribution < -0.4 is 26.6 Å². The van der Waals surface area contributed by atoms with Crippen LogP contribution in [0.1, 0.15) is 63.4 Å². The molecule has 8 nitrogen and oxygen atoms in total. The molecule has 2 fully saturated rings. The van der Waals surface area contributed by atoms with Gasteiger partial charge in [-0.1, -0.05) is 13.0 Å². The lowest BCUT2D eigenvalue weighted by Gasteiger charge is -2.26. The molecular weight excluding hydrogens is 425 g/mol. The van der Waals surface area contributed by atoms with Crippen LogP contribution in [0.15, 0.2) is 30.1 Å². The number of unbranched alkanes of at least 4 members (excludes halogenated alkanes) is 1. The van der Waals surface area contributed by atoms with E-state index < -0.39 is 0 Å². The topological polar surface area (TPSA) is 109 Å². The number of halogens is 1. The molecule has 1 aromatic carbocycles. The quantitative estimate of drug-likeness (QED) is 0.193. The fourth-order valence-electron chi connectivity index (χ4n) is 3.87. The van der Waals surface area contributed by atoms with E-state index in [0.29, 0.717) is 44.3 Å². The standard InChI is InChI=1S/C24H36FN5O3/c1-2-18(19-8-9-21(25)22(13-19)33-16-17-6-7-17)14-27-20(15-28-26)5-3-4-11-30-12-10-23(31)29-24(30)32/h8-9,13,15,17-18,27-28H,2-7,10-12,14,16,26H2,1H3,(H,29,31,32)/b20-15-. The molecule has 1 saturated heterocycles. The van der Waals surface area contributed by atoms with E-state index in [-0.39, 0.29) is 23.7 Å². The number of hydrazine groups is 1. The van der Waals surface area contributed by atoms with Crippen molar-refractivity contribution in [2.45, 2.75) is 57.8 Å². The van der Waals surface area contributed by atoms with Crippen molar-refractivity contribution in [3.63, 3.8) is 0 Å². The van der Waals surface area contributed by atoms with E-state index in [4.69, 9.17) is 10.6 Å². The predicted molar refractivity (Wildman–Crippen MR) is 125 cm³/mol. The highest BCUT2D eigenvalue weighted by molar-refractivity contribution is 5.96. The van der Waals surface area contributed by atoms with Gasteiger partial charge in [-0.05, 0) is 62.1 Å². The van der Waals surface area contributed by atoms with Crippen molar-refractivity contribution < 1.29 is 18.7 Å². The van der Waals surface area contributed by atoms with Crippen molar-refractivity contribution in [2.24, 2.45) is 11.8 Å². The van der Waals surface area contributed by atoms with Crippen molar-refractivity contribution in [2.75, 3.05) is 26.2 Å². The van der Waals surface area contributed by atoms with E-state index in [1.807, 2.05) is 12.1 Å². The molecule has 33 heavy (non-hydrogen) atoms. The van der Waals surface area contributed by atoms with Crippen LogP contribution in [0.2, 0.25) is 0 Å². The molecule has 1 aliphatic carbocycles. The summed E-state index contributed by atoms with van der Waals surface area (Å²) in [6.45, 7) is 4.46.